The summed E-state index contributed by atoms with van der Waals surface area (Å²) in [6, 6.07) is 11.3. The third-order valence-electron chi connectivity index (χ3n) is 5.79. The van der Waals surface area contributed by atoms with Crippen molar-refractivity contribution in [2.45, 2.75) is 59.8 Å². The smallest absolute Gasteiger partial charge is 0.0706 e. The lowest BCUT2D eigenvalue weighted by Crippen LogP contribution is -2.00. The zero-order valence-corrected chi connectivity index (χ0v) is 16.7. The van der Waals surface area contributed by atoms with Crippen molar-refractivity contribution in [2.24, 2.45) is 10.9 Å². The summed E-state index contributed by atoms with van der Waals surface area (Å²) in [4.78, 5) is 4.68. The van der Waals surface area contributed by atoms with E-state index in [9.17, 15) is 0 Å². The Morgan fingerprint density at radius 1 is 1.08 bits per heavy atom. The molecule has 0 radical (unpaired) electrons. The van der Waals surface area contributed by atoms with E-state index in [1.54, 1.807) is 0 Å². The molecule has 1 nitrogen and oxygen atoms in total. The molecule has 0 spiro atoms. The number of aliphatic imine (C=N–C) groups is 1. The fourth-order valence-electron chi connectivity index (χ4n) is 4.25. The first kappa shape index (κ1) is 18.6. The quantitative estimate of drug-likeness (QED) is 0.511. The van der Waals surface area contributed by atoms with E-state index < -0.39 is 0 Å². The highest BCUT2D eigenvalue weighted by atomic mass is 14.7. The third kappa shape index (κ3) is 3.98. The van der Waals surface area contributed by atoms with Crippen LogP contribution in [0.25, 0.3) is 5.57 Å². The summed E-state index contributed by atoms with van der Waals surface area (Å²) in [5.41, 5.74) is 9.81. The number of hydrogen-bond acceptors (Lipinski definition) is 1. The van der Waals surface area contributed by atoms with Gasteiger partial charge in [0.1, 0.15) is 0 Å². The van der Waals surface area contributed by atoms with E-state index in [4.69, 9.17) is 0 Å². The second-order valence-electron chi connectivity index (χ2n) is 7.83. The minimum atomic E-state index is 0.851. The Labute approximate surface area is 158 Å². The average Bonchev–Trinajstić information content (AvgIpc) is 3.11. The van der Waals surface area contributed by atoms with E-state index in [1.165, 1.54) is 59.9 Å². The molecule has 1 saturated carbocycles. The lowest BCUT2D eigenvalue weighted by atomic mass is 9.89. The van der Waals surface area contributed by atoms with Gasteiger partial charge in [-0.05, 0) is 73.9 Å². The molecule has 0 saturated heterocycles. The summed E-state index contributed by atoms with van der Waals surface area (Å²) < 4.78 is 0. The first-order valence-electron chi connectivity index (χ1n) is 9.88. The monoisotopic (exact) mass is 345 g/mol. The Morgan fingerprint density at radius 2 is 1.81 bits per heavy atom. The molecule has 26 heavy (non-hydrogen) atoms. The minimum absolute atomic E-state index is 0.851. The highest BCUT2D eigenvalue weighted by Gasteiger charge is 2.17. The summed E-state index contributed by atoms with van der Waals surface area (Å²) in [6.45, 7) is 12.9. The Morgan fingerprint density at radius 3 is 2.50 bits per heavy atom. The van der Waals surface area contributed by atoms with Gasteiger partial charge in [-0.25, -0.2) is 0 Å². The largest absolute Gasteiger partial charge is 0.261 e. The maximum atomic E-state index is 4.68. The van der Waals surface area contributed by atoms with Crippen LogP contribution in [0, 0.1) is 26.7 Å². The van der Waals surface area contributed by atoms with Crippen LogP contribution >= 0.6 is 0 Å². The van der Waals surface area contributed by atoms with Gasteiger partial charge in [-0.2, -0.15) is 0 Å². The summed E-state index contributed by atoms with van der Waals surface area (Å²) in [6.07, 6.45) is 8.61. The fourth-order valence-corrected chi connectivity index (χ4v) is 4.25. The highest BCUT2D eigenvalue weighted by Crippen LogP contribution is 2.35. The van der Waals surface area contributed by atoms with Crippen LogP contribution in [-0.4, -0.2) is 6.21 Å². The van der Waals surface area contributed by atoms with Gasteiger partial charge in [0.25, 0.3) is 0 Å². The molecule has 0 heterocycles. The molecule has 136 valence electrons. The van der Waals surface area contributed by atoms with Crippen LogP contribution in [0.2, 0.25) is 0 Å². The van der Waals surface area contributed by atoms with Gasteiger partial charge in [0.2, 0.25) is 0 Å². The van der Waals surface area contributed by atoms with Gasteiger partial charge < -0.3 is 0 Å². The minimum Gasteiger partial charge on any atom is -0.261 e. The number of benzene rings is 2. The van der Waals surface area contributed by atoms with E-state index >= 15 is 0 Å². The van der Waals surface area contributed by atoms with Crippen molar-refractivity contribution >= 4 is 17.5 Å². The standard InChI is InChI=1S/C25H31N/c1-6-26-25-16-22(15-21-9-7-8-10-21)11-12-23(25)20(5)24-14-17(2)13-18(3)19(24)4/h6,11-14,16,21H,5,7-10,15H2,1-4H3/b26-6-. The average molecular weight is 346 g/mol. The Kier molecular flexibility index (Phi) is 5.76. The van der Waals surface area contributed by atoms with Crippen LogP contribution in [0.3, 0.4) is 0 Å². The van der Waals surface area contributed by atoms with E-state index in [2.05, 4.69) is 62.7 Å². The van der Waals surface area contributed by atoms with Gasteiger partial charge in [-0.3, -0.25) is 4.99 Å². The molecule has 2 aromatic carbocycles. The molecule has 0 bridgehead atoms. The van der Waals surface area contributed by atoms with Crippen molar-refractivity contribution < 1.29 is 0 Å². The molecule has 1 aliphatic carbocycles. The van der Waals surface area contributed by atoms with Crippen molar-refractivity contribution in [1.82, 2.24) is 0 Å². The van der Waals surface area contributed by atoms with Crippen LogP contribution in [0.5, 0.6) is 0 Å². The van der Waals surface area contributed by atoms with Crippen molar-refractivity contribution in [1.29, 1.82) is 0 Å². The van der Waals surface area contributed by atoms with Crippen LogP contribution < -0.4 is 0 Å². The third-order valence-corrected chi connectivity index (χ3v) is 5.79. The summed E-state index contributed by atoms with van der Waals surface area (Å²) >= 11 is 0. The van der Waals surface area contributed by atoms with Gasteiger partial charge in [0.05, 0.1) is 5.69 Å². The highest BCUT2D eigenvalue weighted by molar-refractivity contribution is 5.86. The Hall–Kier alpha value is -2.15. The van der Waals surface area contributed by atoms with Crippen molar-refractivity contribution in [3.05, 3.63) is 70.3 Å². The normalized spacial score (nSPS) is 15.1. The predicted octanol–water partition coefficient (Wildman–Crippen LogP) is 7.13. The van der Waals surface area contributed by atoms with Crippen molar-refractivity contribution in [3.63, 3.8) is 0 Å². The Balaban J connectivity index is 1.97. The number of aryl methyl sites for hydroxylation is 2. The zero-order chi connectivity index (χ0) is 18.7. The molecule has 0 atom stereocenters. The molecule has 2 aromatic rings. The summed E-state index contributed by atoms with van der Waals surface area (Å²) in [7, 11) is 0. The molecular weight excluding hydrogens is 314 g/mol. The second-order valence-corrected chi connectivity index (χ2v) is 7.83. The van der Waals surface area contributed by atoms with Crippen LogP contribution in [-0.2, 0) is 6.42 Å². The maximum absolute atomic E-state index is 4.68. The molecule has 1 aliphatic rings. The second kappa shape index (κ2) is 8.03. The summed E-state index contributed by atoms with van der Waals surface area (Å²) in [5.74, 6) is 0.851. The van der Waals surface area contributed by atoms with E-state index in [1.807, 2.05) is 13.1 Å². The van der Waals surface area contributed by atoms with Crippen LogP contribution in [0.15, 0.2) is 41.9 Å². The van der Waals surface area contributed by atoms with Gasteiger partial charge in [-0.1, -0.05) is 62.1 Å². The van der Waals surface area contributed by atoms with Crippen LogP contribution in [0.4, 0.5) is 5.69 Å². The summed E-state index contributed by atoms with van der Waals surface area (Å²) in [5, 5.41) is 0. The van der Waals surface area contributed by atoms with Crippen molar-refractivity contribution in [3.8, 4) is 0 Å². The molecule has 1 heteroatoms. The van der Waals surface area contributed by atoms with Crippen molar-refractivity contribution in [2.75, 3.05) is 0 Å². The molecule has 0 N–H and O–H groups in total. The molecule has 0 unspecified atom stereocenters. The zero-order valence-electron chi connectivity index (χ0n) is 16.7. The van der Waals surface area contributed by atoms with Crippen LogP contribution in [0.1, 0.15) is 66.0 Å². The molecule has 0 aliphatic heterocycles. The lowest BCUT2D eigenvalue weighted by molar-refractivity contribution is 0.546. The number of hydrogen-bond donors (Lipinski definition) is 0. The molecule has 0 aromatic heterocycles. The molecule has 3 rings (SSSR count). The van der Waals surface area contributed by atoms with E-state index in [0.29, 0.717) is 0 Å². The molecule has 1 fully saturated rings. The van der Waals surface area contributed by atoms with E-state index in [-0.39, 0.29) is 0 Å². The maximum Gasteiger partial charge on any atom is 0.0706 e. The molecule has 0 amide bonds. The molecular formula is C25H31N. The SMILES string of the molecule is C=C(c1ccc(CC2CCCC2)cc1/N=C\C)c1cc(C)cc(C)c1C. The van der Waals surface area contributed by atoms with E-state index in [0.717, 1.165) is 22.7 Å². The topological polar surface area (TPSA) is 12.4 Å². The van der Waals surface area contributed by atoms with Gasteiger partial charge in [-0.15, -0.1) is 0 Å². The lowest BCUT2D eigenvalue weighted by Gasteiger charge is -2.16. The number of rotatable bonds is 5. The van der Waals surface area contributed by atoms with Gasteiger partial charge in [0, 0.05) is 11.8 Å². The first-order chi connectivity index (χ1) is 12.5. The Bertz CT molecular complexity index is 835. The first-order valence-corrected chi connectivity index (χ1v) is 9.88. The number of nitrogens with zero attached hydrogens (tertiary/aromatic N) is 1. The fraction of sp³-hybridized carbons (Fsp3) is 0.400. The van der Waals surface area contributed by atoms with Gasteiger partial charge in [0.15, 0.2) is 0 Å². The van der Waals surface area contributed by atoms with Gasteiger partial charge >= 0.3 is 0 Å². The predicted molar refractivity (Wildman–Crippen MR) is 115 cm³/mol.